The van der Waals surface area contributed by atoms with Gasteiger partial charge < -0.3 is 14.2 Å². The number of ether oxygens (including phenoxy) is 3. The minimum atomic E-state index is 0.154. The second-order valence-corrected chi connectivity index (χ2v) is 8.84. The van der Waals surface area contributed by atoms with Crippen molar-refractivity contribution in [1.82, 2.24) is 4.90 Å². The summed E-state index contributed by atoms with van der Waals surface area (Å²) in [5.74, 6) is 0.948. The number of nitriles is 1. The van der Waals surface area contributed by atoms with Gasteiger partial charge in [-0.15, -0.1) is 0 Å². The molecule has 0 aromatic heterocycles. The van der Waals surface area contributed by atoms with Gasteiger partial charge in [0.05, 0.1) is 12.2 Å². The number of amidine groups is 1. The van der Waals surface area contributed by atoms with Crippen molar-refractivity contribution in [2.75, 3.05) is 32.6 Å². The summed E-state index contributed by atoms with van der Waals surface area (Å²) in [5, 5.41) is 9.32. The van der Waals surface area contributed by atoms with Crippen LogP contribution < -0.4 is 9.47 Å². The second-order valence-electron chi connectivity index (χ2n) is 7.40. The molecular weight excluding hydrogens is 394 g/mol. The highest BCUT2D eigenvalue weighted by Gasteiger charge is 2.41. The molecule has 2 heterocycles. The number of aliphatic imine (C=N–C) groups is 1. The molecule has 0 amide bonds. The van der Waals surface area contributed by atoms with Crippen molar-refractivity contribution in [2.45, 2.75) is 32.1 Å². The van der Waals surface area contributed by atoms with E-state index in [0.717, 1.165) is 23.7 Å². The van der Waals surface area contributed by atoms with E-state index in [1.807, 2.05) is 11.2 Å². The molecular formula is C20H23N3O3S2. The fraction of sp³-hybridized carbons (Fsp3) is 0.550. The quantitative estimate of drug-likeness (QED) is 0.633. The van der Waals surface area contributed by atoms with Crippen LogP contribution in [-0.2, 0) is 4.74 Å². The molecule has 28 heavy (non-hydrogen) atoms. The highest BCUT2D eigenvalue weighted by atomic mass is 32.2. The molecule has 0 radical (unpaired) electrons. The van der Waals surface area contributed by atoms with E-state index in [-0.39, 0.29) is 5.41 Å². The van der Waals surface area contributed by atoms with Crippen LogP contribution in [-0.4, -0.2) is 47.9 Å². The summed E-state index contributed by atoms with van der Waals surface area (Å²) in [4.78, 5) is 6.76. The third kappa shape index (κ3) is 3.65. The van der Waals surface area contributed by atoms with Gasteiger partial charge in [0.1, 0.15) is 29.3 Å². The third-order valence-corrected chi connectivity index (χ3v) is 6.84. The number of thiocarbonyl (C=S) groups is 1. The second kappa shape index (κ2) is 8.18. The van der Waals surface area contributed by atoms with E-state index < -0.39 is 0 Å². The normalized spacial score (nSPS) is 21.9. The van der Waals surface area contributed by atoms with E-state index >= 15 is 0 Å². The van der Waals surface area contributed by atoms with Gasteiger partial charge in [-0.2, -0.15) is 10.3 Å². The number of hydrogen-bond acceptors (Lipinski definition) is 7. The molecule has 1 aliphatic carbocycles. The molecule has 4 rings (SSSR count). The summed E-state index contributed by atoms with van der Waals surface area (Å²) in [7, 11) is 0. The number of hydrogen-bond donors (Lipinski definition) is 0. The molecule has 0 bridgehead atoms. The van der Waals surface area contributed by atoms with Gasteiger partial charge in [0, 0.05) is 12.0 Å². The van der Waals surface area contributed by atoms with E-state index in [2.05, 4.69) is 6.07 Å². The van der Waals surface area contributed by atoms with E-state index in [4.69, 9.17) is 31.4 Å². The molecule has 1 spiro atoms. The number of rotatable bonds is 1. The Hall–Kier alpha value is -1.98. The van der Waals surface area contributed by atoms with Gasteiger partial charge in [-0.3, -0.25) is 4.90 Å². The fourth-order valence-corrected chi connectivity index (χ4v) is 4.60. The predicted octanol–water partition coefficient (Wildman–Crippen LogP) is 4.25. The van der Waals surface area contributed by atoms with Crippen molar-refractivity contribution in [3.8, 4) is 17.6 Å². The lowest BCUT2D eigenvalue weighted by Crippen LogP contribution is -2.52. The molecule has 0 N–H and O–H groups in total. The van der Waals surface area contributed by atoms with Crippen molar-refractivity contribution >= 4 is 40.0 Å². The molecule has 1 aromatic carbocycles. The highest BCUT2D eigenvalue weighted by Crippen LogP contribution is 2.44. The van der Waals surface area contributed by atoms with Crippen LogP contribution in [0.5, 0.6) is 11.5 Å². The largest absolute Gasteiger partial charge is 0.485 e. The molecule has 6 nitrogen and oxygen atoms in total. The first kappa shape index (κ1) is 19.3. The van der Waals surface area contributed by atoms with Gasteiger partial charge in [-0.1, -0.05) is 43.2 Å². The number of nitrogens with zero attached hydrogens (tertiary/aromatic N) is 3. The lowest BCUT2D eigenvalue weighted by atomic mass is 9.74. The topological polar surface area (TPSA) is 67.1 Å². The standard InChI is InChI=1S/C20H23N3O3S2/c1-28-19(27)23-12-20(7-3-2-4-8-20)13-26-18(23)22-15-6-5-14(11-21)16-17(15)25-10-9-24-16/h5-6H,2-4,7-10,12-13H2,1H3. The van der Waals surface area contributed by atoms with Crippen LogP contribution in [0.4, 0.5) is 5.69 Å². The third-order valence-electron chi connectivity index (χ3n) is 5.55. The van der Waals surface area contributed by atoms with E-state index in [1.54, 1.807) is 12.1 Å². The minimum Gasteiger partial charge on any atom is -0.485 e. The molecule has 2 aliphatic heterocycles. The predicted molar refractivity (Wildman–Crippen MR) is 114 cm³/mol. The molecule has 3 aliphatic rings. The van der Waals surface area contributed by atoms with E-state index in [1.165, 1.54) is 31.0 Å². The Labute approximate surface area is 174 Å². The first-order chi connectivity index (χ1) is 13.7. The van der Waals surface area contributed by atoms with Crippen LogP contribution in [0.25, 0.3) is 0 Å². The molecule has 8 heteroatoms. The summed E-state index contributed by atoms with van der Waals surface area (Å²) in [6.07, 6.45) is 8.08. The Balaban J connectivity index is 1.68. The van der Waals surface area contributed by atoms with Crippen molar-refractivity contribution < 1.29 is 14.2 Å². The molecule has 0 unspecified atom stereocenters. The summed E-state index contributed by atoms with van der Waals surface area (Å²) < 4.78 is 18.4. The van der Waals surface area contributed by atoms with Gasteiger partial charge in [0.2, 0.25) is 0 Å². The van der Waals surface area contributed by atoms with Gasteiger partial charge in [-0.25, -0.2) is 0 Å². The SMILES string of the molecule is CSC(=S)N1CC2(CCCCC2)COC1=Nc1ccc(C#N)c2c1OCCO2. The van der Waals surface area contributed by atoms with Crippen molar-refractivity contribution in [1.29, 1.82) is 5.26 Å². The van der Waals surface area contributed by atoms with Gasteiger partial charge in [0.15, 0.2) is 11.5 Å². The van der Waals surface area contributed by atoms with Gasteiger partial charge >= 0.3 is 0 Å². The van der Waals surface area contributed by atoms with Crippen LogP contribution in [0.15, 0.2) is 17.1 Å². The first-order valence-electron chi connectivity index (χ1n) is 9.55. The van der Waals surface area contributed by atoms with Crippen molar-refractivity contribution in [3.63, 3.8) is 0 Å². The first-order valence-corrected chi connectivity index (χ1v) is 11.2. The smallest absolute Gasteiger partial charge is 0.298 e. The van der Waals surface area contributed by atoms with Gasteiger partial charge in [-0.05, 0) is 31.2 Å². The Bertz CT molecular complexity index is 844. The maximum atomic E-state index is 9.32. The zero-order valence-electron chi connectivity index (χ0n) is 15.9. The zero-order valence-corrected chi connectivity index (χ0v) is 17.5. The van der Waals surface area contributed by atoms with Crippen LogP contribution in [0.3, 0.4) is 0 Å². The summed E-state index contributed by atoms with van der Waals surface area (Å²) >= 11 is 7.14. The Morgan fingerprint density at radius 3 is 2.64 bits per heavy atom. The summed E-state index contributed by atoms with van der Waals surface area (Å²) in [5.41, 5.74) is 1.19. The maximum absolute atomic E-state index is 9.32. The Morgan fingerprint density at radius 1 is 1.18 bits per heavy atom. The summed E-state index contributed by atoms with van der Waals surface area (Å²) in [6, 6.07) is 6.11. The molecule has 1 saturated carbocycles. The van der Waals surface area contributed by atoms with Crippen LogP contribution >= 0.6 is 24.0 Å². The van der Waals surface area contributed by atoms with Crippen LogP contribution in [0.2, 0.25) is 0 Å². The van der Waals surface area contributed by atoms with Crippen molar-refractivity contribution in [2.24, 2.45) is 10.4 Å². The number of benzene rings is 1. The van der Waals surface area contributed by atoms with Crippen molar-refractivity contribution in [3.05, 3.63) is 17.7 Å². The van der Waals surface area contributed by atoms with E-state index in [0.29, 0.717) is 48.6 Å². The fourth-order valence-electron chi connectivity index (χ4n) is 4.10. The van der Waals surface area contributed by atoms with Crippen LogP contribution in [0, 0.1) is 16.7 Å². The number of thioether (sulfide) groups is 1. The molecule has 1 aromatic rings. The van der Waals surface area contributed by atoms with E-state index in [9.17, 15) is 5.26 Å². The van der Waals surface area contributed by atoms with Crippen LogP contribution in [0.1, 0.15) is 37.7 Å². The highest BCUT2D eigenvalue weighted by molar-refractivity contribution is 8.22. The average molecular weight is 418 g/mol. The summed E-state index contributed by atoms with van der Waals surface area (Å²) in [6.45, 7) is 2.34. The Morgan fingerprint density at radius 2 is 1.93 bits per heavy atom. The lowest BCUT2D eigenvalue weighted by molar-refractivity contribution is 0.0347. The average Bonchev–Trinajstić information content (AvgIpc) is 2.75. The maximum Gasteiger partial charge on any atom is 0.298 e. The molecule has 148 valence electrons. The van der Waals surface area contributed by atoms with Gasteiger partial charge in [0.25, 0.3) is 6.02 Å². The zero-order chi connectivity index (χ0) is 19.6. The number of fused-ring (bicyclic) bond motifs is 1. The Kier molecular flexibility index (Phi) is 5.65. The lowest BCUT2D eigenvalue weighted by Gasteiger charge is -2.45. The minimum absolute atomic E-state index is 0.154. The molecule has 2 fully saturated rings. The molecule has 0 atom stereocenters. The molecule has 1 saturated heterocycles. The monoisotopic (exact) mass is 417 g/mol.